The van der Waals surface area contributed by atoms with Crippen molar-refractivity contribution in [3.8, 4) is 0 Å². The maximum atomic E-state index is 10.5. The molecule has 42 valence electrons. The molecule has 0 spiro atoms. The Hall–Kier alpha value is -0.500. The summed E-state index contributed by atoms with van der Waals surface area (Å²) in [6.45, 7) is 0. The molecule has 0 amide bonds. The van der Waals surface area contributed by atoms with Gasteiger partial charge < -0.3 is 0 Å². The minimum Gasteiger partial charge on any atom is -0.290 e. The number of hydrogen-bond donors (Lipinski definition) is 1. The van der Waals surface area contributed by atoms with Crippen molar-refractivity contribution in [1.29, 1.82) is 0 Å². The number of allylic oxidation sites excluding steroid dienone is 4. The molecule has 1 rings (SSSR count). The fraction of sp³-hybridized carbons (Fsp3) is 0.167. The Labute approximate surface area is 53.5 Å². The quantitative estimate of drug-likeness (QED) is 0.484. The zero-order valence-electron chi connectivity index (χ0n) is 4.29. The lowest BCUT2D eigenvalue weighted by Crippen LogP contribution is -1.91. The summed E-state index contributed by atoms with van der Waals surface area (Å²) in [6.07, 6.45) is 5.70. The molecule has 0 heterocycles. The predicted molar refractivity (Wildman–Crippen MR) is 35.8 cm³/mol. The van der Waals surface area contributed by atoms with E-state index >= 15 is 0 Å². The van der Waals surface area contributed by atoms with Crippen LogP contribution >= 0.6 is 12.6 Å². The summed E-state index contributed by atoms with van der Waals surface area (Å²) in [7, 11) is 0. The van der Waals surface area contributed by atoms with Crippen LogP contribution in [0.15, 0.2) is 23.1 Å². The summed E-state index contributed by atoms with van der Waals surface area (Å²) >= 11 is 4.01. The molecule has 0 saturated heterocycles. The molecule has 8 heavy (non-hydrogen) atoms. The van der Waals surface area contributed by atoms with E-state index in [1.54, 1.807) is 6.08 Å². The minimum atomic E-state index is 0.0428. The van der Waals surface area contributed by atoms with Gasteiger partial charge in [0.1, 0.15) is 0 Å². The van der Waals surface area contributed by atoms with Crippen LogP contribution in [-0.2, 0) is 4.79 Å². The van der Waals surface area contributed by atoms with Gasteiger partial charge in [-0.2, -0.15) is 0 Å². The molecule has 0 aromatic rings. The number of ketones is 1. The smallest absolute Gasteiger partial charge is 0.179 e. The molecular formula is C6H6OS. The monoisotopic (exact) mass is 126 g/mol. The molecule has 1 aliphatic carbocycles. The Morgan fingerprint density at radius 3 is 2.75 bits per heavy atom. The lowest BCUT2D eigenvalue weighted by Gasteiger charge is -1.96. The van der Waals surface area contributed by atoms with Gasteiger partial charge in [0, 0.05) is 0 Å². The van der Waals surface area contributed by atoms with Crippen LogP contribution in [0.3, 0.4) is 0 Å². The number of carbonyl (C=O) groups excluding carboxylic acids is 1. The zero-order chi connectivity index (χ0) is 5.98. The second-order valence-corrected chi connectivity index (χ2v) is 2.22. The van der Waals surface area contributed by atoms with E-state index in [0.717, 1.165) is 11.3 Å². The molecule has 0 aliphatic heterocycles. The van der Waals surface area contributed by atoms with Gasteiger partial charge in [0.25, 0.3) is 0 Å². The topological polar surface area (TPSA) is 17.1 Å². The van der Waals surface area contributed by atoms with E-state index < -0.39 is 0 Å². The van der Waals surface area contributed by atoms with Gasteiger partial charge in [0.2, 0.25) is 0 Å². The van der Waals surface area contributed by atoms with Crippen molar-refractivity contribution in [3.05, 3.63) is 23.1 Å². The third kappa shape index (κ3) is 1.23. The van der Waals surface area contributed by atoms with Gasteiger partial charge in [-0.3, -0.25) is 4.79 Å². The van der Waals surface area contributed by atoms with Crippen molar-refractivity contribution >= 4 is 18.4 Å². The van der Waals surface area contributed by atoms with Gasteiger partial charge in [-0.05, 0) is 23.5 Å². The summed E-state index contributed by atoms with van der Waals surface area (Å²) in [5.41, 5.74) is 0. The maximum absolute atomic E-state index is 10.5. The van der Waals surface area contributed by atoms with E-state index in [1.165, 1.54) is 6.08 Å². The van der Waals surface area contributed by atoms with Crippen LogP contribution < -0.4 is 0 Å². The Bertz CT molecular complexity index is 167. The molecule has 2 heteroatoms. The van der Waals surface area contributed by atoms with E-state index in [-0.39, 0.29) is 5.78 Å². The molecule has 0 N–H and O–H groups in total. The Kier molecular flexibility index (Phi) is 1.53. The highest BCUT2D eigenvalue weighted by molar-refractivity contribution is 7.84. The second-order valence-electron chi connectivity index (χ2n) is 1.64. The van der Waals surface area contributed by atoms with Crippen molar-refractivity contribution in [2.24, 2.45) is 0 Å². The average Bonchev–Trinajstić information content (AvgIpc) is 1.64. The first-order chi connectivity index (χ1) is 3.79. The summed E-state index contributed by atoms with van der Waals surface area (Å²) in [6, 6.07) is 0. The Morgan fingerprint density at radius 2 is 2.38 bits per heavy atom. The van der Waals surface area contributed by atoms with E-state index in [4.69, 9.17) is 0 Å². The lowest BCUT2D eigenvalue weighted by atomic mass is 10.2. The van der Waals surface area contributed by atoms with Crippen LogP contribution in [0.4, 0.5) is 0 Å². The molecule has 0 unspecified atom stereocenters. The predicted octanol–water partition coefficient (Wildman–Crippen LogP) is 1.33. The third-order valence-electron chi connectivity index (χ3n) is 0.918. The standard InChI is InChI=1S/C6H6OS/c7-5-2-1-3-6(8)4-5/h1-2,4,8H,3H2. The van der Waals surface area contributed by atoms with Crippen molar-refractivity contribution in [1.82, 2.24) is 0 Å². The van der Waals surface area contributed by atoms with E-state index in [0.29, 0.717) is 0 Å². The first-order valence-corrected chi connectivity index (χ1v) is 2.84. The molecular weight excluding hydrogens is 120 g/mol. The fourth-order valence-electron chi connectivity index (χ4n) is 0.567. The van der Waals surface area contributed by atoms with Crippen molar-refractivity contribution < 1.29 is 4.79 Å². The highest BCUT2D eigenvalue weighted by atomic mass is 32.1. The van der Waals surface area contributed by atoms with Crippen LogP contribution in [0, 0.1) is 0 Å². The van der Waals surface area contributed by atoms with Gasteiger partial charge in [-0.1, -0.05) is 6.08 Å². The van der Waals surface area contributed by atoms with E-state index in [2.05, 4.69) is 12.6 Å². The first kappa shape index (κ1) is 5.63. The highest BCUT2D eigenvalue weighted by Crippen LogP contribution is 2.10. The van der Waals surface area contributed by atoms with Gasteiger partial charge >= 0.3 is 0 Å². The minimum absolute atomic E-state index is 0.0428. The zero-order valence-corrected chi connectivity index (χ0v) is 5.19. The van der Waals surface area contributed by atoms with Crippen molar-refractivity contribution in [2.45, 2.75) is 6.42 Å². The number of carbonyl (C=O) groups is 1. The fourth-order valence-corrected chi connectivity index (χ4v) is 0.800. The molecule has 0 aromatic carbocycles. The number of thiol groups is 1. The molecule has 0 radical (unpaired) electrons. The SMILES string of the molecule is O=C1C=CCC(S)=C1. The summed E-state index contributed by atoms with van der Waals surface area (Å²) in [5.74, 6) is 0.0428. The average molecular weight is 126 g/mol. The van der Waals surface area contributed by atoms with Gasteiger partial charge in [-0.15, -0.1) is 12.6 Å². The van der Waals surface area contributed by atoms with Gasteiger partial charge in [0.05, 0.1) is 0 Å². The molecule has 1 aliphatic rings. The first-order valence-electron chi connectivity index (χ1n) is 2.39. The summed E-state index contributed by atoms with van der Waals surface area (Å²) < 4.78 is 0. The largest absolute Gasteiger partial charge is 0.290 e. The van der Waals surface area contributed by atoms with Crippen molar-refractivity contribution in [3.63, 3.8) is 0 Å². The lowest BCUT2D eigenvalue weighted by molar-refractivity contribution is -0.110. The highest BCUT2D eigenvalue weighted by Gasteiger charge is 1.97. The number of rotatable bonds is 0. The molecule has 1 nitrogen and oxygen atoms in total. The second kappa shape index (κ2) is 2.18. The normalized spacial score (nSPS) is 18.6. The van der Waals surface area contributed by atoms with E-state index in [1.807, 2.05) is 6.08 Å². The molecule has 0 fully saturated rings. The summed E-state index contributed by atoms with van der Waals surface area (Å²) in [5, 5.41) is 0. The summed E-state index contributed by atoms with van der Waals surface area (Å²) in [4.78, 5) is 11.3. The van der Waals surface area contributed by atoms with Crippen LogP contribution in [0.2, 0.25) is 0 Å². The molecule has 0 bridgehead atoms. The number of hydrogen-bond acceptors (Lipinski definition) is 2. The van der Waals surface area contributed by atoms with Crippen molar-refractivity contribution in [2.75, 3.05) is 0 Å². The molecule has 0 aromatic heterocycles. The Morgan fingerprint density at radius 1 is 1.62 bits per heavy atom. The van der Waals surface area contributed by atoms with Gasteiger partial charge in [-0.25, -0.2) is 0 Å². The van der Waals surface area contributed by atoms with Crippen LogP contribution in [0.25, 0.3) is 0 Å². The van der Waals surface area contributed by atoms with Crippen LogP contribution in [0.1, 0.15) is 6.42 Å². The molecule has 0 atom stereocenters. The third-order valence-corrected chi connectivity index (χ3v) is 1.23. The molecule has 0 saturated carbocycles. The van der Waals surface area contributed by atoms with Crippen LogP contribution in [0.5, 0.6) is 0 Å². The maximum Gasteiger partial charge on any atom is 0.179 e. The van der Waals surface area contributed by atoms with E-state index in [9.17, 15) is 4.79 Å². The Balaban J connectivity index is 2.74. The van der Waals surface area contributed by atoms with Gasteiger partial charge in [0.15, 0.2) is 5.78 Å². The van der Waals surface area contributed by atoms with Crippen LogP contribution in [-0.4, -0.2) is 5.78 Å².